The smallest absolute Gasteiger partial charge is 0.255 e. The molecule has 2 fully saturated rings. The summed E-state index contributed by atoms with van der Waals surface area (Å²) in [6, 6.07) is 1.76. The van der Waals surface area contributed by atoms with E-state index in [4.69, 9.17) is 16.3 Å². The lowest BCUT2D eigenvalue weighted by molar-refractivity contribution is 0.0496. The second-order valence-corrected chi connectivity index (χ2v) is 7.28. The molecule has 0 aliphatic carbocycles. The maximum absolute atomic E-state index is 12.6. The standard InChI is InChI=1S/C18H26ClN3O2/c1-13-6-9-22(12-16(13)24-2)17-15(19)10-14(11-20-17)18(23)21-7-4-3-5-8-21/h10-11,13,16H,3-9,12H2,1-2H3. The number of hydrogen-bond acceptors (Lipinski definition) is 4. The van der Waals surface area contributed by atoms with Gasteiger partial charge in [0.2, 0.25) is 0 Å². The summed E-state index contributed by atoms with van der Waals surface area (Å²) >= 11 is 6.46. The van der Waals surface area contributed by atoms with E-state index >= 15 is 0 Å². The molecule has 3 rings (SSSR count). The van der Waals surface area contributed by atoms with Gasteiger partial charge in [0, 0.05) is 39.5 Å². The molecule has 0 spiro atoms. The van der Waals surface area contributed by atoms with E-state index in [1.807, 2.05) is 4.90 Å². The van der Waals surface area contributed by atoms with Gasteiger partial charge in [0.25, 0.3) is 5.91 Å². The summed E-state index contributed by atoms with van der Waals surface area (Å²) in [7, 11) is 1.75. The SMILES string of the molecule is COC1CN(c2ncc(C(=O)N3CCCCC3)cc2Cl)CCC1C. The van der Waals surface area contributed by atoms with Crippen LogP contribution in [0.25, 0.3) is 0 Å². The van der Waals surface area contributed by atoms with E-state index in [0.29, 0.717) is 16.5 Å². The zero-order valence-electron chi connectivity index (χ0n) is 14.5. The molecular formula is C18H26ClN3O2. The average Bonchev–Trinajstić information content (AvgIpc) is 2.62. The van der Waals surface area contributed by atoms with Gasteiger partial charge in [-0.1, -0.05) is 18.5 Å². The minimum absolute atomic E-state index is 0.0395. The Labute approximate surface area is 148 Å². The molecule has 0 N–H and O–H groups in total. The first-order valence-corrected chi connectivity index (χ1v) is 9.20. The number of nitrogens with zero attached hydrogens (tertiary/aromatic N) is 3. The van der Waals surface area contributed by atoms with Gasteiger partial charge < -0.3 is 14.5 Å². The summed E-state index contributed by atoms with van der Waals surface area (Å²) in [5.74, 6) is 1.32. The van der Waals surface area contributed by atoms with Crippen molar-refractivity contribution in [1.29, 1.82) is 0 Å². The van der Waals surface area contributed by atoms with Gasteiger partial charge in [0.15, 0.2) is 0 Å². The van der Waals surface area contributed by atoms with E-state index in [1.165, 1.54) is 6.42 Å². The number of carbonyl (C=O) groups excluding carboxylic acids is 1. The first-order chi connectivity index (χ1) is 11.6. The lowest BCUT2D eigenvalue weighted by Crippen LogP contribution is -2.44. The normalized spacial score (nSPS) is 25.0. The van der Waals surface area contributed by atoms with Crippen LogP contribution in [0.1, 0.15) is 43.0 Å². The Morgan fingerprint density at radius 1 is 1.29 bits per heavy atom. The monoisotopic (exact) mass is 351 g/mol. The molecule has 5 nitrogen and oxygen atoms in total. The van der Waals surface area contributed by atoms with Crippen LogP contribution in [-0.4, -0.2) is 55.2 Å². The van der Waals surface area contributed by atoms with Crippen LogP contribution >= 0.6 is 11.6 Å². The lowest BCUT2D eigenvalue weighted by atomic mass is 9.96. The fourth-order valence-electron chi connectivity index (χ4n) is 3.59. The molecule has 2 saturated heterocycles. The van der Waals surface area contributed by atoms with Gasteiger partial charge in [0.1, 0.15) is 5.82 Å². The van der Waals surface area contributed by atoms with E-state index in [0.717, 1.165) is 51.3 Å². The number of rotatable bonds is 3. The highest BCUT2D eigenvalue weighted by atomic mass is 35.5. The summed E-state index contributed by atoms with van der Waals surface area (Å²) < 4.78 is 5.56. The number of piperidine rings is 2. The number of aromatic nitrogens is 1. The van der Waals surface area contributed by atoms with Gasteiger partial charge in [-0.15, -0.1) is 0 Å². The topological polar surface area (TPSA) is 45.7 Å². The zero-order valence-corrected chi connectivity index (χ0v) is 15.3. The van der Waals surface area contributed by atoms with Crippen molar-refractivity contribution in [1.82, 2.24) is 9.88 Å². The number of methoxy groups -OCH3 is 1. The Bertz CT molecular complexity index is 590. The quantitative estimate of drug-likeness (QED) is 0.838. The van der Waals surface area contributed by atoms with Crippen molar-refractivity contribution in [3.8, 4) is 0 Å². The first-order valence-electron chi connectivity index (χ1n) is 8.82. The Balaban J connectivity index is 1.73. The highest BCUT2D eigenvalue weighted by Gasteiger charge is 2.28. The predicted molar refractivity (Wildman–Crippen MR) is 95.8 cm³/mol. The summed E-state index contributed by atoms with van der Waals surface area (Å²) in [5.41, 5.74) is 0.583. The molecule has 1 aromatic rings. The second kappa shape index (κ2) is 7.70. The fourth-order valence-corrected chi connectivity index (χ4v) is 3.88. The molecule has 2 unspecified atom stereocenters. The second-order valence-electron chi connectivity index (χ2n) is 6.87. The highest BCUT2D eigenvalue weighted by Crippen LogP contribution is 2.29. The van der Waals surface area contributed by atoms with E-state index in [1.54, 1.807) is 19.4 Å². The van der Waals surface area contributed by atoms with E-state index in [-0.39, 0.29) is 12.0 Å². The van der Waals surface area contributed by atoms with Crippen LogP contribution in [0.3, 0.4) is 0 Å². The van der Waals surface area contributed by atoms with Crippen molar-refractivity contribution in [2.75, 3.05) is 38.2 Å². The lowest BCUT2D eigenvalue weighted by Gasteiger charge is -2.37. The summed E-state index contributed by atoms with van der Waals surface area (Å²) in [6.45, 7) is 5.56. The molecule has 1 amide bonds. The Kier molecular flexibility index (Phi) is 5.61. The van der Waals surface area contributed by atoms with Gasteiger partial charge in [-0.25, -0.2) is 4.98 Å². The Morgan fingerprint density at radius 2 is 2.04 bits per heavy atom. The van der Waals surface area contributed by atoms with Gasteiger partial charge in [-0.05, 0) is 37.7 Å². The predicted octanol–water partition coefficient (Wildman–Crippen LogP) is 3.22. The third-order valence-corrected chi connectivity index (χ3v) is 5.48. The summed E-state index contributed by atoms with van der Waals surface area (Å²) in [4.78, 5) is 21.1. The number of hydrogen-bond donors (Lipinski definition) is 0. The van der Waals surface area contributed by atoms with Crippen LogP contribution in [0.5, 0.6) is 0 Å². The third-order valence-electron chi connectivity index (χ3n) is 5.20. The number of amides is 1. The molecule has 0 bridgehead atoms. The maximum Gasteiger partial charge on any atom is 0.255 e. The van der Waals surface area contributed by atoms with Crippen molar-refractivity contribution in [2.45, 2.75) is 38.7 Å². The summed E-state index contributed by atoms with van der Waals surface area (Å²) in [6.07, 6.45) is 6.26. The molecule has 2 aliphatic heterocycles. The van der Waals surface area contributed by atoms with E-state index in [9.17, 15) is 4.79 Å². The molecule has 6 heteroatoms. The maximum atomic E-state index is 12.6. The number of halogens is 1. The van der Waals surface area contributed by atoms with Crippen LogP contribution in [0.4, 0.5) is 5.82 Å². The van der Waals surface area contributed by atoms with Crippen LogP contribution in [0.15, 0.2) is 12.3 Å². The van der Waals surface area contributed by atoms with Crippen molar-refractivity contribution in [3.63, 3.8) is 0 Å². The number of pyridine rings is 1. The van der Waals surface area contributed by atoms with E-state index in [2.05, 4.69) is 16.8 Å². The number of anilines is 1. The first kappa shape index (κ1) is 17.5. The third kappa shape index (κ3) is 3.67. The fraction of sp³-hybridized carbons (Fsp3) is 0.667. The minimum atomic E-state index is 0.0395. The Hall–Kier alpha value is -1.33. The molecule has 2 atom stereocenters. The molecule has 0 aromatic carbocycles. The van der Waals surface area contributed by atoms with Crippen LogP contribution < -0.4 is 4.90 Å². The molecule has 0 saturated carbocycles. The molecule has 3 heterocycles. The van der Waals surface area contributed by atoms with Gasteiger partial charge in [0.05, 0.1) is 16.7 Å². The molecule has 0 radical (unpaired) electrons. The van der Waals surface area contributed by atoms with Crippen LogP contribution in [0.2, 0.25) is 5.02 Å². The van der Waals surface area contributed by atoms with Crippen molar-refractivity contribution >= 4 is 23.3 Å². The van der Waals surface area contributed by atoms with Gasteiger partial charge in [-0.2, -0.15) is 0 Å². The molecule has 24 heavy (non-hydrogen) atoms. The highest BCUT2D eigenvalue weighted by molar-refractivity contribution is 6.33. The van der Waals surface area contributed by atoms with Crippen molar-refractivity contribution in [3.05, 3.63) is 22.8 Å². The summed E-state index contributed by atoms with van der Waals surface area (Å²) in [5, 5.41) is 0.544. The molecular weight excluding hydrogens is 326 g/mol. The molecule has 2 aliphatic rings. The average molecular weight is 352 g/mol. The molecule has 132 valence electrons. The number of likely N-dealkylation sites (tertiary alicyclic amines) is 1. The van der Waals surface area contributed by atoms with Gasteiger partial charge in [-0.3, -0.25) is 4.79 Å². The molecule has 1 aromatic heterocycles. The largest absolute Gasteiger partial charge is 0.379 e. The minimum Gasteiger partial charge on any atom is -0.379 e. The zero-order chi connectivity index (χ0) is 17.1. The van der Waals surface area contributed by atoms with Gasteiger partial charge >= 0.3 is 0 Å². The number of carbonyl (C=O) groups is 1. The van der Waals surface area contributed by atoms with Crippen LogP contribution in [0, 0.1) is 5.92 Å². The van der Waals surface area contributed by atoms with Crippen molar-refractivity contribution in [2.24, 2.45) is 5.92 Å². The van der Waals surface area contributed by atoms with Crippen molar-refractivity contribution < 1.29 is 9.53 Å². The number of ether oxygens (including phenoxy) is 1. The Morgan fingerprint density at radius 3 is 2.71 bits per heavy atom. The van der Waals surface area contributed by atoms with E-state index < -0.39 is 0 Å². The van der Waals surface area contributed by atoms with Crippen LogP contribution in [-0.2, 0) is 4.74 Å².